The first-order valence-corrected chi connectivity index (χ1v) is 9.98. The molecule has 1 aliphatic rings. The lowest BCUT2D eigenvalue weighted by Gasteiger charge is -2.20. The molecule has 1 unspecified atom stereocenters. The maximum Gasteiger partial charge on any atom is 0.327 e. The van der Waals surface area contributed by atoms with Gasteiger partial charge in [-0.25, -0.2) is 4.79 Å². The number of hydrogen-bond acceptors (Lipinski definition) is 5. The van der Waals surface area contributed by atoms with Crippen LogP contribution in [0.2, 0.25) is 10.0 Å². The lowest BCUT2D eigenvalue weighted by molar-refractivity contribution is -0.156. The van der Waals surface area contributed by atoms with Crippen molar-refractivity contribution >= 4 is 52.7 Å². The number of benzene rings is 2. The number of hydrogen-bond donors (Lipinski definition) is 2. The van der Waals surface area contributed by atoms with E-state index in [-0.39, 0.29) is 0 Å². The predicted molar refractivity (Wildman–Crippen MR) is 115 cm³/mol. The van der Waals surface area contributed by atoms with Crippen LogP contribution in [0.5, 0.6) is 0 Å². The highest BCUT2D eigenvalue weighted by Crippen LogP contribution is 2.25. The van der Waals surface area contributed by atoms with E-state index in [1.54, 1.807) is 30.3 Å². The van der Waals surface area contributed by atoms with E-state index in [4.69, 9.17) is 27.9 Å². The summed E-state index contributed by atoms with van der Waals surface area (Å²) in [4.78, 5) is 50.5. The minimum atomic E-state index is -1.33. The summed E-state index contributed by atoms with van der Waals surface area (Å²) in [6.07, 6.45) is -1.33. The average Bonchev–Trinajstić information content (AvgIpc) is 2.87. The Morgan fingerprint density at radius 2 is 1.71 bits per heavy atom. The molecule has 162 valence electrons. The standard InChI is InChI=1S/C21H19Cl2N3O5/c1-21(2)19(29)26(20(30)25-21)11-16(27)31-17(12-6-4-3-5-7-12)18(28)24-15-9-13(22)8-14(23)10-15/h3-10,17H,11H2,1-2H3,(H,24,28)(H,25,30). The summed E-state index contributed by atoms with van der Waals surface area (Å²) >= 11 is 11.9. The lowest BCUT2D eigenvalue weighted by atomic mass is 10.1. The summed E-state index contributed by atoms with van der Waals surface area (Å²) < 4.78 is 5.37. The number of carbonyl (C=O) groups excluding carboxylic acids is 4. The molecule has 31 heavy (non-hydrogen) atoms. The number of nitrogens with one attached hydrogen (secondary N) is 2. The molecule has 0 spiro atoms. The van der Waals surface area contributed by atoms with Gasteiger partial charge in [0.25, 0.3) is 11.8 Å². The molecule has 1 fully saturated rings. The molecule has 2 aromatic carbocycles. The Hall–Kier alpha value is -3.10. The minimum absolute atomic E-state index is 0.315. The number of rotatable bonds is 6. The zero-order valence-electron chi connectivity index (χ0n) is 16.6. The molecule has 10 heteroatoms. The quantitative estimate of drug-likeness (QED) is 0.503. The van der Waals surface area contributed by atoms with E-state index in [1.165, 1.54) is 32.0 Å². The van der Waals surface area contributed by atoms with Crippen molar-refractivity contribution in [1.82, 2.24) is 10.2 Å². The van der Waals surface area contributed by atoms with Crippen LogP contribution in [0, 0.1) is 0 Å². The van der Waals surface area contributed by atoms with Crippen LogP contribution in [0.3, 0.4) is 0 Å². The van der Waals surface area contributed by atoms with Gasteiger partial charge < -0.3 is 15.4 Å². The Bertz CT molecular complexity index is 1020. The SMILES string of the molecule is CC1(C)NC(=O)N(CC(=O)OC(C(=O)Nc2cc(Cl)cc(Cl)c2)c2ccccc2)C1=O. The Kier molecular flexibility index (Phi) is 6.52. The number of anilines is 1. The van der Waals surface area contributed by atoms with Crippen LogP contribution in [-0.4, -0.2) is 40.8 Å². The van der Waals surface area contributed by atoms with Gasteiger partial charge in [-0.1, -0.05) is 53.5 Å². The van der Waals surface area contributed by atoms with Crippen LogP contribution >= 0.6 is 23.2 Å². The third-order valence-corrected chi connectivity index (χ3v) is 4.89. The molecule has 0 aromatic heterocycles. The van der Waals surface area contributed by atoms with E-state index < -0.39 is 42.0 Å². The molecule has 3 rings (SSSR count). The predicted octanol–water partition coefficient (Wildman–Crippen LogP) is 3.55. The number of esters is 1. The van der Waals surface area contributed by atoms with Gasteiger partial charge in [0.05, 0.1) is 0 Å². The summed E-state index contributed by atoms with van der Waals surface area (Å²) in [6, 6.07) is 12.1. The average molecular weight is 464 g/mol. The van der Waals surface area contributed by atoms with Gasteiger partial charge in [-0.15, -0.1) is 0 Å². The molecular formula is C21H19Cl2N3O5. The van der Waals surface area contributed by atoms with E-state index in [2.05, 4.69) is 10.6 Å². The van der Waals surface area contributed by atoms with Gasteiger partial charge in [0, 0.05) is 21.3 Å². The monoisotopic (exact) mass is 463 g/mol. The summed E-state index contributed by atoms with van der Waals surface area (Å²) in [7, 11) is 0. The van der Waals surface area contributed by atoms with E-state index >= 15 is 0 Å². The third-order valence-electron chi connectivity index (χ3n) is 4.45. The second-order valence-electron chi connectivity index (χ2n) is 7.37. The summed E-state index contributed by atoms with van der Waals surface area (Å²) in [5.74, 6) is -2.14. The molecule has 8 nitrogen and oxygen atoms in total. The van der Waals surface area contributed by atoms with E-state index in [1.807, 2.05) is 0 Å². The fourth-order valence-electron chi connectivity index (χ4n) is 2.99. The van der Waals surface area contributed by atoms with Crippen molar-refractivity contribution in [3.8, 4) is 0 Å². The maximum absolute atomic E-state index is 12.9. The van der Waals surface area contributed by atoms with E-state index in [9.17, 15) is 19.2 Å². The highest BCUT2D eigenvalue weighted by Gasteiger charge is 2.45. The molecule has 1 saturated heterocycles. The number of amides is 4. The lowest BCUT2D eigenvalue weighted by Crippen LogP contribution is -2.41. The largest absolute Gasteiger partial charge is 0.446 e. The van der Waals surface area contributed by atoms with Crippen LogP contribution in [-0.2, 0) is 19.1 Å². The first kappa shape index (κ1) is 22.6. The smallest absolute Gasteiger partial charge is 0.327 e. The molecule has 1 heterocycles. The van der Waals surface area contributed by atoms with E-state index in [0.29, 0.717) is 21.3 Å². The normalized spacial score (nSPS) is 15.9. The molecule has 1 aliphatic heterocycles. The topological polar surface area (TPSA) is 105 Å². The van der Waals surface area contributed by atoms with Gasteiger partial charge >= 0.3 is 12.0 Å². The van der Waals surface area contributed by atoms with Crippen molar-refractivity contribution in [2.24, 2.45) is 0 Å². The van der Waals surface area contributed by atoms with Crippen LogP contribution in [0.1, 0.15) is 25.5 Å². The van der Waals surface area contributed by atoms with Crippen molar-refractivity contribution in [2.75, 3.05) is 11.9 Å². The molecule has 1 atom stereocenters. The van der Waals surface area contributed by atoms with Crippen LogP contribution < -0.4 is 10.6 Å². The Labute approximate surface area is 188 Å². The number of halogens is 2. The Morgan fingerprint density at radius 3 is 2.26 bits per heavy atom. The van der Waals surface area contributed by atoms with Crippen LogP contribution in [0.4, 0.5) is 10.5 Å². The van der Waals surface area contributed by atoms with E-state index in [0.717, 1.165) is 4.90 Å². The summed E-state index contributed by atoms with van der Waals surface area (Å²) in [5, 5.41) is 5.72. The van der Waals surface area contributed by atoms with Crippen molar-refractivity contribution < 1.29 is 23.9 Å². The molecule has 0 radical (unpaired) electrons. The fourth-order valence-corrected chi connectivity index (χ4v) is 3.52. The first-order chi connectivity index (χ1) is 14.6. The van der Waals surface area contributed by atoms with Crippen LogP contribution in [0.15, 0.2) is 48.5 Å². The Balaban J connectivity index is 1.78. The molecule has 2 N–H and O–H groups in total. The minimum Gasteiger partial charge on any atom is -0.446 e. The number of imide groups is 1. The van der Waals surface area contributed by atoms with Crippen molar-refractivity contribution in [3.05, 3.63) is 64.1 Å². The zero-order valence-corrected chi connectivity index (χ0v) is 18.2. The van der Waals surface area contributed by atoms with Crippen molar-refractivity contribution in [2.45, 2.75) is 25.5 Å². The number of ether oxygens (including phenoxy) is 1. The summed E-state index contributed by atoms with van der Waals surface area (Å²) in [5.41, 5.74) is -0.409. The molecular weight excluding hydrogens is 445 g/mol. The van der Waals surface area contributed by atoms with Crippen molar-refractivity contribution in [1.29, 1.82) is 0 Å². The number of carbonyl (C=O) groups is 4. The first-order valence-electron chi connectivity index (χ1n) is 9.22. The highest BCUT2D eigenvalue weighted by atomic mass is 35.5. The van der Waals surface area contributed by atoms with Gasteiger partial charge in [0.15, 0.2) is 0 Å². The number of urea groups is 1. The highest BCUT2D eigenvalue weighted by molar-refractivity contribution is 6.35. The van der Waals surface area contributed by atoms with Gasteiger partial charge in [-0.05, 0) is 32.0 Å². The molecule has 2 aromatic rings. The summed E-state index contributed by atoms with van der Waals surface area (Å²) in [6.45, 7) is 2.41. The van der Waals surface area contributed by atoms with Gasteiger partial charge in [-0.3, -0.25) is 19.3 Å². The maximum atomic E-state index is 12.9. The number of nitrogens with zero attached hydrogens (tertiary/aromatic N) is 1. The van der Waals surface area contributed by atoms with Gasteiger partial charge in [0.1, 0.15) is 12.1 Å². The van der Waals surface area contributed by atoms with Crippen molar-refractivity contribution in [3.63, 3.8) is 0 Å². The second kappa shape index (κ2) is 8.95. The molecule has 0 bridgehead atoms. The molecule has 0 aliphatic carbocycles. The third kappa shape index (κ3) is 5.34. The molecule has 0 saturated carbocycles. The van der Waals surface area contributed by atoms with Gasteiger partial charge in [0.2, 0.25) is 6.10 Å². The van der Waals surface area contributed by atoms with Gasteiger partial charge in [-0.2, -0.15) is 0 Å². The second-order valence-corrected chi connectivity index (χ2v) is 8.25. The fraction of sp³-hybridized carbons (Fsp3) is 0.238. The Morgan fingerprint density at radius 1 is 1.10 bits per heavy atom. The molecule has 4 amide bonds. The zero-order chi connectivity index (χ0) is 22.8. The van der Waals surface area contributed by atoms with Crippen LogP contribution in [0.25, 0.3) is 0 Å².